The summed E-state index contributed by atoms with van der Waals surface area (Å²) >= 11 is 7.27. The van der Waals surface area contributed by atoms with Gasteiger partial charge in [0.25, 0.3) is 0 Å². The van der Waals surface area contributed by atoms with E-state index in [1.54, 1.807) is 30.3 Å². The maximum Gasteiger partial charge on any atom is 0.129 e. The van der Waals surface area contributed by atoms with Crippen LogP contribution < -0.4 is 0 Å². The van der Waals surface area contributed by atoms with Gasteiger partial charge in [-0.3, -0.25) is 0 Å². The Labute approximate surface area is 108 Å². The zero-order valence-electron chi connectivity index (χ0n) is 8.86. The zero-order chi connectivity index (χ0) is 12.3. The maximum absolute atomic E-state index is 13.5. The van der Waals surface area contributed by atoms with Gasteiger partial charge >= 0.3 is 0 Å². The molecule has 2 rings (SSSR count). The number of aromatic hydroxyl groups is 1. The third-order valence-electron chi connectivity index (χ3n) is 2.30. The topological polar surface area (TPSA) is 20.2 Å². The Balaban J connectivity index is 2.16. The molecule has 0 aliphatic carbocycles. The van der Waals surface area contributed by atoms with Gasteiger partial charge in [-0.25, -0.2) is 4.39 Å². The molecule has 2 aromatic rings. The standard InChI is InChI=1S/C13H10ClFOS/c14-10-4-3-5-11(15)9(10)8-17-13-7-2-1-6-12(13)16/h1-7,16H,8H2. The van der Waals surface area contributed by atoms with Gasteiger partial charge in [-0.15, -0.1) is 11.8 Å². The first kappa shape index (κ1) is 12.3. The fourth-order valence-electron chi connectivity index (χ4n) is 1.40. The van der Waals surface area contributed by atoms with Crippen molar-refractivity contribution >= 4 is 23.4 Å². The molecule has 0 saturated carbocycles. The summed E-state index contributed by atoms with van der Waals surface area (Å²) in [4.78, 5) is 0.715. The second kappa shape index (κ2) is 5.43. The summed E-state index contributed by atoms with van der Waals surface area (Å²) in [7, 11) is 0. The van der Waals surface area contributed by atoms with E-state index in [2.05, 4.69) is 0 Å². The largest absolute Gasteiger partial charge is 0.507 e. The van der Waals surface area contributed by atoms with E-state index < -0.39 is 0 Å². The van der Waals surface area contributed by atoms with Crippen molar-refractivity contribution in [2.24, 2.45) is 0 Å². The summed E-state index contributed by atoms with van der Waals surface area (Å²) in [6, 6.07) is 11.6. The van der Waals surface area contributed by atoms with Gasteiger partial charge in [0, 0.05) is 21.2 Å². The van der Waals surface area contributed by atoms with Crippen molar-refractivity contribution in [3.05, 3.63) is 58.9 Å². The van der Waals surface area contributed by atoms with Gasteiger partial charge in [0.1, 0.15) is 11.6 Å². The predicted octanol–water partition coefficient (Wildman–Crippen LogP) is 4.48. The molecule has 0 unspecified atom stereocenters. The lowest BCUT2D eigenvalue weighted by atomic mass is 10.2. The van der Waals surface area contributed by atoms with Crippen molar-refractivity contribution in [2.75, 3.05) is 0 Å². The lowest BCUT2D eigenvalue weighted by molar-refractivity contribution is 0.462. The number of rotatable bonds is 3. The van der Waals surface area contributed by atoms with Crippen LogP contribution >= 0.6 is 23.4 Å². The number of para-hydroxylation sites is 1. The molecule has 17 heavy (non-hydrogen) atoms. The van der Waals surface area contributed by atoms with Gasteiger partial charge in [-0.2, -0.15) is 0 Å². The lowest BCUT2D eigenvalue weighted by Gasteiger charge is -2.06. The van der Waals surface area contributed by atoms with Crippen LogP contribution in [-0.2, 0) is 5.75 Å². The summed E-state index contributed by atoms with van der Waals surface area (Å²) in [6.07, 6.45) is 0. The first-order valence-electron chi connectivity index (χ1n) is 5.02. The van der Waals surface area contributed by atoms with Gasteiger partial charge in [-0.1, -0.05) is 29.8 Å². The molecule has 2 aromatic carbocycles. The molecule has 1 N–H and O–H groups in total. The van der Waals surface area contributed by atoms with Crippen molar-refractivity contribution in [3.8, 4) is 5.75 Å². The van der Waals surface area contributed by atoms with E-state index >= 15 is 0 Å². The molecular formula is C13H10ClFOS. The van der Waals surface area contributed by atoms with Crippen molar-refractivity contribution in [1.82, 2.24) is 0 Å². The first-order valence-corrected chi connectivity index (χ1v) is 6.38. The molecule has 0 fully saturated rings. The number of halogens is 2. The Morgan fingerprint density at radius 2 is 1.88 bits per heavy atom. The minimum atomic E-state index is -0.319. The van der Waals surface area contributed by atoms with Crippen LogP contribution in [0.15, 0.2) is 47.4 Å². The highest BCUT2D eigenvalue weighted by molar-refractivity contribution is 7.98. The molecule has 0 spiro atoms. The minimum Gasteiger partial charge on any atom is -0.507 e. The van der Waals surface area contributed by atoms with Crippen LogP contribution in [0.3, 0.4) is 0 Å². The van der Waals surface area contributed by atoms with Gasteiger partial charge in [0.05, 0.1) is 0 Å². The Morgan fingerprint density at radius 3 is 2.59 bits per heavy atom. The average Bonchev–Trinajstić information content (AvgIpc) is 2.30. The van der Waals surface area contributed by atoms with Crippen LogP contribution in [-0.4, -0.2) is 5.11 Å². The molecular weight excluding hydrogens is 259 g/mol. The van der Waals surface area contributed by atoms with E-state index in [9.17, 15) is 9.50 Å². The monoisotopic (exact) mass is 268 g/mol. The fourth-order valence-corrected chi connectivity index (χ4v) is 2.69. The fraction of sp³-hybridized carbons (Fsp3) is 0.0769. The molecule has 0 aliphatic heterocycles. The summed E-state index contributed by atoms with van der Waals surface area (Å²) in [5, 5.41) is 9.99. The molecule has 1 nitrogen and oxygen atoms in total. The molecule has 0 atom stereocenters. The molecule has 0 radical (unpaired) electrons. The quantitative estimate of drug-likeness (QED) is 0.829. The lowest BCUT2D eigenvalue weighted by Crippen LogP contribution is -1.88. The number of phenols is 1. The van der Waals surface area contributed by atoms with E-state index in [1.807, 2.05) is 6.07 Å². The molecule has 0 amide bonds. The highest BCUT2D eigenvalue weighted by Crippen LogP contribution is 2.33. The normalized spacial score (nSPS) is 10.5. The van der Waals surface area contributed by atoms with E-state index in [-0.39, 0.29) is 11.6 Å². The second-order valence-electron chi connectivity index (χ2n) is 3.46. The van der Waals surface area contributed by atoms with Crippen molar-refractivity contribution in [2.45, 2.75) is 10.6 Å². The Bertz CT molecular complexity index is 510. The van der Waals surface area contributed by atoms with E-state index in [1.165, 1.54) is 17.8 Å². The third-order valence-corrected chi connectivity index (χ3v) is 3.74. The molecule has 0 bridgehead atoms. The highest BCUT2D eigenvalue weighted by atomic mass is 35.5. The van der Waals surface area contributed by atoms with Gasteiger partial charge in [0.2, 0.25) is 0 Å². The van der Waals surface area contributed by atoms with Crippen molar-refractivity contribution < 1.29 is 9.50 Å². The van der Waals surface area contributed by atoms with Crippen LogP contribution in [0.25, 0.3) is 0 Å². The number of hydrogen-bond donors (Lipinski definition) is 1. The van der Waals surface area contributed by atoms with E-state index in [0.29, 0.717) is 21.2 Å². The summed E-state index contributed by atoms with van der Waals surface area (Å²) < 4.78 is 13.5. The molecule has 0 heterocycles. The maximum atomic E-state index is 13.5. The number of phenolic OH excluding ortho intramolecular Hbond substituents is 1. The Hall–Kier alpha value is -1.19. The zero-order valence-corrected chi connectivity index (χ0v) is 10.4. The van der Waals surface area contributed by atoms with Gasteiger partial charge in [-0.05, 0) is 24.3 Å². The van der Waals surface area contributed by atoms with Crippen molar-refractivity contribution in [3.63, 3.8) is 0 Å². The summed E-state index contributed by atoms with van der Waals surface area (Å²) in [5.41, 5.74) is 0.461. The Kier molecular flexibility index (Phi) is 3.92. The minimum absolute atomic E-state index is 0.199. The summed E-state index contributed by atoms with van der Waals surface area (Å²) in [5.74, 6) is 0.272. The number of thioether (sulfide) groups is 1. The van der Waals surface area contributed by atoms with Gasteiger partial charge < -0.3 is 5.11 Å². The third kappa shape index (κ3) is 2.93. The van der Waals surface area contributed by atoms with Crippen LogP contribution in [0.4, 0.5) is 4.39 Å². The smallest absolute Gasteiger partial charge is 0.129 e. The predicted molar refractivity (Wildman–Crippen MR) is 69.1 cm³/mol. The van der Waals surface area contributed by atoms with Crippen molar-refractivity contribution in [1.29, 1.82) is 0 Å². The summed E-state index contributed by atoms with van der Waals surface area (Å²) in [6.45, 7) is 0. The second-order valence-corrected chi connectivity index (χ2v) is 4.88. The Morgan fingerprint density at radius 1 is 1.12 bits per heavy atom. The van der Waals surface area contributed by atoms with Crippen LogP contribution in [0.2, 0.25) is 5.02 Å². The molecule has 0 saturated heterocycles. The molecule has 0 aromatic heterocycles. The van der Waals surface area contributed by atoms with E-state index in [0.717, 1.165) is 0 Å². The van der Waals surface area contributed by atoms with Gasteiger partial charge in [0.15, 0.2) is 0 Å². The van der Waals surface area contributed by atoms with E-state index in [4.69, 9.17) is 11.6 Å². The van der Waals surface area contributed by atoms with Crippen LogP contribution in [0.1, 0.15) is 5.56 Å². The highest BCUT2D eigenvalue weighted by Gasteiger charge is 2.08. The number of benzene rings is 2. The van der Waals surface area contributed by atoms with Crippen LogP contribution in [0, 0.1) is 5.82 Å². The first-order chi connectivity index (χ1) is 8.18. The van der Waals surface area contributed by atoms with Crippen LogP contribution in [0.5, 0.6) is 5.75 Å². The number of hydrogen-bond acceptors (Lipinski definition) is 2. The molecule has 4 heteroatoms. The average molecular weight is 269 g/mol. The SMILES string of the molecule is Oc1ccccc1SCc1c(F)cccc1Cl. The molecule has 88 valence electrons. The molecule has 0 aliphatic rings.